The summed E-state index contributed by atoms with van der Waals surface area (Å²) in [5.74, 6) is -1.20. The second-order valence-electron chi connectivity index (χ2n) is 7.62. The first kappa shape index (κ1) is 23.6. The molecule has 1 heterocycles. The Morgan fingerprint density at radius 2 is 1.66 bits per heavy atom. The molecule has 0 radical (unpaired) electrons. The number of hydrogen-bond donors (Lipinski definition) is 5. The van der Waals surface area contributed by atoms with E-state index in [0.717, 1.165) is 16.9 Å². The van der Waals surface area contributed by atoms with Gasteiger partial charge in [-0.3, -0.25) is 19.7 Å². The Kier molecular flexibility index (Phi) is 7.70. The summed E-state index contributed by atoms with van der Waals surface area (Å²) in [7, 11) is 0. The van der Waals surface area contributed by atoms with Crippen LogP contribution in [0.3, 0.4) is 0 Å². The Balaban J connectivity index is 1.49. The van der Waals surface area contributed by atoms with Crippen LogP contribution >= 0.6 is 22.9 Å². The molecule has 3 rings (SSSR count). The molecule has 0 spiro atoms. The minimum atomic E-state index is -0.830. The predicted molar refractivity (Wildman–Crippen MR) is 124 cm³/mol. The van der Waals surface area contributed by atoms with Crippen molar-refractivity contribution in [3.8, 4) is 0 Å². The van der Waals surface area contributed by atoms with E-state index in [1.807, 2.05) is 12.1 Å². The number of anilines is 2. The van der Waals surface area contributed by atoms with Gasteiger partial charge in [-0.25, -0.2) is 4.79 Å². The van der Waals surface area contributed by atoms with Crippen LogP contribution in [0, 0.1) is 5.92 Å². The molecular formula is C21H24ClN5O4S. The summed E-state index contributed by atoms with van der Waals surface area (Å²) in [5.41, 5.74) is 11.4. The van der Waals surface area contributed by atoms with Gasteiger partial charge in [-0.1, -0.05) is 35.1 Å². The maximum Gasteiger partial charge on any atom is 0.317 e. The molecule has 1 fully saturated rings. The Morgan fingerprint density at radius 3 is 2.25 bits per heavy atom. The lowest BCUT2D eigenvalue weighted by Gasteiger charge is -2.28. The third kappa shape index (κ3) is 6.44. The molecule has 0 atom stereocenters. The summed E-state index contributed by atoms with van der Waals surface area (Å²) in [6, 6.07) is 7.75. The van der Waals surface area contributed by atoms with Gasteiger partial charge in [-0.2, -0.15) is 0 Å². The summed E-state index contributed by atoms with van der Waals surface area (Å²) < 4.78 is 0. The van der Waals surface area contributed by atoms with E-state index in [1.165, 1.54) is 6.07 Å². The van der Waals surface area contributed by atoms with Crippen LogP contribution < -0.4 is 27.4 Å². The van der Waals surface area contributed by atoms with Crippen molar-refractivity contribution < 1.29 is 19.2 Å². The van der Waals surface area contributed by atoms with E-state index in [0.29, 0.717) is 35.7 Å². The molecule has 11 heteroatoms. The van der Waals surface area contributed by atoms with Gasteiger partial charge in [0.05, 0.1) is 17.0 Å². The number of benzene rings is 1. The number of amides is 5. The largest absolute Gasteiger partial charge is 0.366 e. The summed E-state index contributed by atoms with van der Waals surface area (Å²) >= 11 is 6.87. The number of nitrogens with one attached hydrogen (secondary N) is 3. The number of carbonyl (C=O) groups excluding carboxylic acids is 4. The van der Waals surface area contributed by atoms with E-state index in [4.69, 9.17) is 23.1 Å². The first-order chi connectivity index (χ1) is 15.2. The second-order valence-corrected chi connectivity index (χ2v) is 9.10. The number of hydrogen-bond acceptors (Lipinski definition) is 5. The van der Waals surface area contributed by atoms with Crippen LogP contribution in [0.5, 0.6) is 0 Å². The minimum absolute atomic E-state index is 0.0217. The SMILES string of the molecule is NC(=O)Nc1sc(NC(=O)C2CCC(NC(=O)Cc3ccc(Cl)cc3)CC2)cc1C(N)=O. The molecule has 5 amide bonds. The first-order valence-electron chi connectivity index (χ1n) is 10.1. The van der Waals surface area contributed by atoms with E-state index in [9.17, 15) is 19.2 Å². The van der Waals surface area contributed by atoms with Crippen molar-refractivity contribution in [3.05, 3.63) is 46.5 Å². The molecular weight excluding hydrogens is 454 g/mol. The molecule has 9 nitrogen and oxygen atoms in total. The maximum atomic E-state index is 12.6. The highest BCUT2D eigenvalue weighted by molar-refractivity contribution is 7.20. The van der Waals surface area contributed by atoms with Crippen LogP contribution in [0.2, 0.25) is 5.02 Å². The monoisotopic (exact) mass is 477 g/mol. The van der Waals surface area contributed by atoms with Crippen LogP contribution in [-0.4, -0.2) is 29.8 Å². The van der Waals surface area contributed by atoms with Crippen molar-refractivity contribution in [2.45, 2.75) is 38.1 Å². The van der Waals surface area contributed by atoms with Gasteiger partial charge >= 0.3 is 6.03 Å². The Bertz CT molecular complexity index is 1020. The predicted octanol–water partition coefficient (Wildman–Crippen LogP) is 2.85. The molecule has 0 bridgehead atoms. The summed E-state index contributed by atoms with van der Waals surface area (Å²) in [5, 5.41) is 9.34. The molecule has 1 saturated carbocycles. The molecule has 7 N–H and O–H groups in total. The molecule has 1 aromatic carbocycles. The zero-order chi connectivity index (χ0) is 23.3. The van der Waals surface area contributed by atoms with Gasteiger partial charge in [0.25, 0.3) is 5.91 Å². The van der Waals surface area contributed by atoms with Crippen molar-refractivity contribution in [2.75, 3.05) is 10.6 Å². The van der Waals surface area contributed by atoms with Crippen molar-refractivity contribution >= 4 is 56.7 Å². The Morgan fingerprint density at radius 1 is 1.00 bits per heavy atom. The van der Waals surface area contributed by atoms with Crippen LogP contribution in [0.25, 0.3) is 0 Å². The van der Waals surface area contributed by atoms with Crippen LogP contribution in [-0.2, 0) is 16.0 Å². The normalized spacial score (nSPS) is 17.9. The van der Waals surface area contributed by atoms with E-state index < -0.39 is 11.9 Å². The Labute approximate surface area is 193 Å². The summed E-state index contributed by atoms with van der Waals surface area (Å²) in [6.45, 7) is 0. The van der Waals surface area contributed by atoms with Gasteiger partial charge in [0, 0.05) is 17.0 Å². The highest BCUT2D eigenvalue weighted by Crippen LogP contribution is 2.33. The number of halogens is 1. The topological polar surface area (TPSA) is 156 Å². The first-order valence-corrected chi connectivity index (χ1v) is 11.3. The number of thiophene rings is 1. The molecule has 170 valence electrons. The average molecular weight is 478 g/mol. The number of urea groups is 1. The molecule has 0 saturated heterocycles. The lowest BCUT2D eigenvalue weighted by molar-refractivity contribution is -0.122. The smallest absolute Gasteiger partial charge is 0.317 e. The third-order valence-corrected chi connectivity index (χ3v) is 6.44. The van der Waals surface area contributed by atoms with Crippen molar-refractivity contribution in [1.82, 2.24) is 5.32 Å². The molecule has 0 unspecified atom stereocenters. The van der Waals surface area contributed by atoms with E-state index in [1.54, 1.807) is 12.1 Å². The number of rotatable bonds is 7. The number of carbonyl (C=O) groups is 4. The maximum absolute atomic E-state index is 12.6. The lowest BCUT2D eigenvalue weighted by Crippen LogP contribution is -2.40. The van der Waals surface area contributed by atoms with Crippen molar-refractivity contribution in [1.29, 1.82) is 0 Å². The molecule has 32 heavy (non-hydrogen) atoms. The fourth-order valence-electron chi connectivity index (χ4n) is 3.63. The number of nitrogens with two attached hydrogens (primary N) is 2. The second kappa shape index (κ2) is 10.5. The minimum Gasteiger partial charge on any atom is -0.366 e. The van der Waals surface area contributed by atoms with Crippen LogP contribution in [0.15, 0.2) is 30.3 Å². The van der Waals surface area contributed by atoms with Crippen molar-refractivity contribution in [3.63, 3.8) is 0 Å². The third-order valence-electron chi connectivity index (χ3n) is 5.22. The van der Waals surface area contributed by atoms with E-state index >= 15 is 0 Å². The summed E-state index contributed by atoms with van der Waals surface area (Å²) in [4.78, 5) is 47.6. The highest BCUT2D eigenvalue weighted by Gasteiger charge is 2.28. The quantitative estimate of drug-likeness (QED) is 0.415. The fourth-order valence-corrected chi connectivity index (χ4v) is 4.73. The van der Waals surface area contributed by atoms with Gasteiger partial charge in [-0.05, 0) is 49.4 Å². The molecule has 0 aliphatic heterocycles. The highest BCUT2D eigenvalue weighted by atomic mass is 35.5. The standard InChI is InChI=1S/C21H24ClN5O4S/c22-13-5-1-11(2-6-13)9-16(28)25-14-7-3-12(4-8-14)19(30)26-17-10-15(18(23)29)20(32-17)27-21(24)31/h1-2,5-6,10,12,14H,3-4,7-9H2,(H2,23,29)(H,25,28)(H,26,30)(H3,24,27,31). The lowest BCUT2D eigenvalue weighted by atomic mass is 9.85. The zero-order valence-corrected chi connectivity index (χ0v) is 18.7. The van der Waals surface area contributed by atoms with Crippen molar-refractivity contribution in [2.24, 2.45) is 17.4 Å². The van der Waals surface area contributed by atoms with Gasteiger partial charge in [0.1, 0.15) is 5.00 Å². The molecule has 1 aliphatic carbocycles. The fraction of sp³-hybridized carbons (Fsp3) is 0.333. The van der Waals surface area contributed by atoms with E-state index in [2.05, 4.69) is 16.0 Å². The van der Waals surface area contributed by atoms with Crippen LogP contribution in [0.1, 0.15) is 41.6 Å². The molecule has 2 aromatic rings. The van der Waals surface area contributed by atoms with Gasteiger partial charge in [-0.15, -0.1) is 0 Å². The number of primary amides is 2. The average Bonchev–Trinajstić information content (AvgIpc) is 3.12. The van der Waals surface area contributed by atoms with Gasteiger partial charge < -0.3 is 22.1 Å². The molecule has 1 aromatic heterocycles. The Hall–Kier alpha value is -3.11. The van der Waals surface area contributed by atoms with Gasteiger partial charge in [0.15, 0.2) is 0 Å². The van der Waals surface area contributed by atoms with Crippen LogP contribution in [0.4, 0.5) is 14.8 Å². The summed E-state index contributed by atoms with van der Waals surface area (Å²) in [6.07, 6.45) is 2.90. The molecule has 1 aliphatic rings. The zero-order valence-electron chi connectivity index (χ0n) is 17.2. The van der Waals surface area contributed by atoms with E-state index in [-0.39, 0.29) is 40.8 Å². The van der Waals surface area contributed by atoms with Gasteiger partial charge in [0.2, 0.25) is 11.8 Å².